The molecule has 3 rings (SSSR count). The van der Waals surface area contributed by atoms with Crippen LogP contribution in [0.4, 0.5) is 0 Å². The highest BCUT2D eigenvalue weighted by molar-refractivity contribution is 7.99. The van der Waals surface area contributed by atoms with Gasteiger partial charge in [-0.3, -0.25) is 0 Å². The summed E-state index contributed by atoms with van der Waals surface area (Å²) in [7, 11) is 0. The van der Waals surface area contributed by atoms with Crippen LogP contribution in [0.1, 0.15) is 26.6 Å². The maximum atomic E-state index is 6.03. The predicted molar refractivity (Wildman–Crippen MR) is 95.0 cm³/mol. The van der Waals surface area contributed by atoms with E-state index in [1.807, 2.05) is 24.3 Å². The summed E-state index contributed by atoms with van der Waals surface area (Å²) in [6.07, 6.45) is 0. The Labute approximate surface area is 140 Å². The largest absolute Gasteiger partial charge is 0.485 e. The van der Waals surface area contributed by atoms with Gasteiger partial charge in [-0.1, -0.05) is 62.0 Å². The third kappa shape index (κ3) is 3.50. The topological polar surface area (TPSA) is 39.9 Å². The number of aromatic nitrogens is 3. The minimum absolute atomic E-state index is 0.424. The summed E-state index contributed by atoms with van der Waals surface area (Å²) in [5.74, 6) is 1.75. The van der Waals surface area contributed by atoms with E-state index < -0.39 is 0 Å². The van der Waals surface area contributed by atoms with E-state index in [0.717, 1.165) is 28.7 Å². The second-order valence-electron chi connectivity index (χ2n) is 5.58. The van der Waals surface area contributed by atoms with Crippen LogP contribution in [0.25, 0.3) is 10.8 Å². The Bertz CT molecular complexity index is 793. The Hall–Kier alpha value is -2.01. The summed E-state index contributed by atoms with van der Waals surface area (Å²) < 4.78 is 8.15. The van der Waals surface area contributed by atoms with E-state index in [9.17, 15) is 0 Å². The van der Waals surface area contributed by atoms with E-state index in [1.54, 1.807) is 11.8 Å². The summed E-state index contributed by atoms with van der Waals surface area (Å²) in [5, 5.41) is 12.3. The van der Waals surface area contributed by atoms with Gasteiger partial charge in [0.15, 0.2) is 11.0 Å². The van der Waals surface area contributed by atoms with Gasteiger partial charge in [-0.15, -0.1) is 10.2 Å². The van der Waals surface area contributed by atoms with E-state index in [4.69, 9.17) is 4.74 Å². The third-order valence-corrected chi connectivity index (χ3v) is 4.54. The van der Waals surface area contributed by atoms with Gasteiger partial charge in [0, 0.05) is 17.2 Å². The van der Waals surface area contributed by atoms with Crippen molar-refractivity contribution in [2.24, 2.45) is 0 Å². The quantitative estimate of drug-likeness (QED) is 0.624. The highest BCUT2D eigenvalue weighted by Gasteiger charge is 2.13. The normalized spacial score (nSPS) is 11.3. The van der Waals surface area contributed by atoms with Gasteiger partial charge in [0.05, 0.1) is 0 Å². The summed E-state index contributed by atoms with van der Waals surface area (Å²) in [4.78, 5) is 0. The van der Waals surface area contributed by atoms with E-state index in [1.165, 1.54) is 5.39 Å². The molecule has 0 aliphatic rings. The fourth-order valence-electron chi connectivity index (χ4n) is 2.51. The molecule has 0 amide bonds. The van der Waals surface area contributed by atoms with Crippen LogP contribution in [0.2, 0.25) is 0 Å². The molecular weight excluding hydrogens is 306 g/mol. The maximum Gasteiger partial charge on any atom is 0.191 e. The number of hydrogen-bond acceptors (Lipinski definition) is 4. The molecule has 0 saturated carbocycles. The van der Waals surface area contributed by atoms with E-state index in [-0.39, 0.29) is 0 Å². The van der Waals surface area contributed by atoms with Crippen LogP contribution in [-0.4, -0.2) is 20.0 Å². The Morgan fingerprint density at radius 3 is 2.65 bits per heavy atom. The lowest BCUT2D eigenvalue weighted by Crippen LogP contribution is -2.07. The Morgan fingerprint density at radius 1 is 1.09 bits per heavy atom. The number of rotatable bonds is 6. The first-order valence-corrected chi connectivity index (χ1v) is 8.76. The third-order valence-electron chi connectivity index (χ3n) is 3.56. The van der Waals surface area contributed by atoms with Gasteiger partial charge in [-0.2, -0.15) is 0 Å². The lowest BCUT2D eigenvalue weighted by atomic mass is 10.1. The number of hydrogen-bond donors (Lipinski definition) is 0. The van der Waals surface area contributed by atoms with Gasteiger partial charge >= 0.3 is 0 Å². The van der Waals surface area contributed by atoms with Crippen molar-refractivity contribution in [1.29, 1.82) is 0 Å². The Kier molecular flexibility index (Phi) is 4.86. The first-order chi connectivity index (χ1) is 11.2. The minimum atomic E-state index is 0.424. The molecule has 1 heterocycles. The van der Waals surface area contributed by atoms with Crippen LogP contribution in [0.5, 0.6) is 5.75 Å². The first kappa shape index (κ1) is 15.9. The van der Waals surface area contributed by atoms with Crippen LogP contribution >= 0.6 is 11.8 Å². The number of benzene rings is 2. The summed E-state index contributed by atoms with van der Waals surface area (Å²) in [5.41, 5.74) is 0. The molecule has 23 heavy (non-hydrogen) atoms. The van der Waals surface area contributed by atoms with Crippen molar-refractivity contribution >= 4 is 22.5 Å². The number of thioether (sulfide) groups is 1. The van der Waals surface area contributed by atoms with E-state index in [2.05, 4.69) is 53.7 Å². The van der Waals surface area contributed by atoms with E-state index in [0.29, 0.717) is 11.9 Å². The molecule has 0 aliphatic carbocycles. The lowest BCUT2D eigenvalue weighted by Gasteiger charge is -2.11. The van der Waals surface area contributed by atoms with E-state index >= 15 is 0 Å². The molecule has 3 aromatic rings. The minimum Gasteiger partial charge on any atom is -0.485 e. The van der Waals surface area contributed by atoms with Crippen molar-refractivity contribution in [3.8, 4) is 5.75 Å². The van der Waals surface area contributed by atoms with Crippen molar-refractivity contribution < 1.29 is 4.74 Å². The van der Waals surface area contributed by atoms with Crippen LogP contribution < -0.4 is 4.74 Å². The fourth-order valence-corrected chi connectivity index (χ4v) is 3.38. The summed E-state index contributed by atoms with van der Waals surface area (Å²) >= 11 is 1.73. The zero-order valence-corrected chi connectivity index (χ0v) is 14.5. The molecule has 0 spiro atoms. The second-order valence-corrected chi connectivity index (χ2v) is 7.12. The molecule has 0 fully saturated rings. The molecule has 5 heteroatoms. The first-order valence-electron chi connectivity index (χ1n) is 7.88. The molecule has 0 saturated heterocycles. The van der Waals surface area contributed by atoms with Gasteiger partial charge in [-0.05, 0) is 18.4 Å². The van der Waals surface area contributed by atoms with Gasteiger partial charge in [0.2, 0.25) is 0 Å². The van der Waals surface area contributed by atoms with Crippen molar-refractivity contribution in [3.05, 3.63) is 48.3 Å². The average Bonchev–Trinajstić information content (AvgIpc) is 2.93. The van der Waals surface area contributed by atoms with Gasteiger partial charge in [0.1, 0.15) is 12.4 Å². The fraction of sp³-hybridized carbons (Fsp3) is 0.333. The van der Waals surface area contributed by atoms with Crippen LogP contribution in [0.3, 0.4) is 0 Å². The molecule has 0 bridgehead atoms. The van der Waals surface area contributed by atoms with Gasteiger partial charge in [-0.25, -0.2) is 0 Å². The molecule has 1 aromatic heterocycles. The van der Waals surface area contributed by atoms with Crippen molar-refractivity contribution in [3.63, 3.8) is 0 Å². The molecule has 0 unspecified atom stereocenters. The molecule has 0 N–H and O–H groups in total. The molecule has 0 atom stereocenters. The molecular formula is C18H21N3OS. The SMILES string of the molecule is CCn1c(COc2cccc3ccccc23)nnc1SC(C)C. The average molecular weight is 327 g/mol. The Morgan fingerprint density at radius 2 is 1.87 bits per heavy atom. The zero-order chi connectivity index (χ0) is 16.2. The summed E-state index contributed by atoms with van der Waals surface area (Å²) in [6.45, 7) is 7.69. The molecule has 2 aromatic carbocycles. The monoisotopic (exact) mass is 327 g/mol. The number of ether oxygens (including phenoxy) is 1. The maximum absolute atomic E-state index is 6.03. The van der Waals surface area contributed by atoms with Crippen LogP contribution in [0, 0.1) is 0 Å². The van der Waals surface area contributed by atoms with Crippen molar-refractivity contribution in [1.82, 2.24) is 14.8 Å². The van der Waals surface area contributed by atoms with Crippen molar-refractivity contribution in [2.75, 3.05) is 0 Å². The lowest BCUT2D eigenvalue weighted by molar-refractivity contribution is 0.291. The van der Waals surface area contributed by atoms with Crippen LogP contribution in [0.15, 0.2) is 47.6 Å². The van der Waals surface area contributed by atoms with Gasteiger partial charge in [0.25, 0.3) is 0 Å². The standard InChI is InChI=1S/C18H21N3OS/c1-4-21-17(19-20-18(21)23-13(2)3)12-22-16-11-7-9-14-8-5-6-10-15(14)16/h5-11,13H,4,12H2,1-3H3. The van der Waals surface area contributed by atoms with Gasteiger partial charge < -0.3 is 9.30 Å². The number of fused-ring (bicyclic) bond motifs is 1. The highest BCUT2D eigenvalue weighted by atomic mass is 32.2. The molecule has 0 aliphatic heterocycles. The number of nitrogens with zero attached hydrogens (tertiary/aromatic N) is 3. The smallest absolute Gasteiger partial charge is 0.191 e. The Balaban J connectivity index is 1.81. The molecule has 4 nitrogen and oxygen atoms in total. The molecule has 0 radical (unpaired) electrons. The van der Waals surface area contributed by atoms with Crippen LogP contribution in [-0.2, 0) is 13.2 Å². The zero-order valence-electron chi connectivity index (χ0n) is 13.7. The summed E-state index contributed by atoms with van der Waals surface area (Å²) in [6, 6.07) is 14.3. The second kappa shape index (κ2) is 7.04. The predicted octanol–water partition coefficient (Wildman–Crippen LogP) is 4.53. The highest BCUT2D eigenvalue weighted by Crippen LogP contribution is 2.26. The molecule has 120 valence electrons. The van der Waals surface area contributed by atoms with Crippen molar-refractivity contribution in [2.45, 2.75) is 44.3 Å².